The van der Waals surface area contributed by atoms with Crippen molar-refractivity contribution in [2.24, 2.45) is 0 Å². The molecule has 0 aliphatic carbocycles. The molecule has 0 saturated heterocycles. The highest BCUT2D eigenvalue weighted by atomic mass is 16.5. The van der Waals surface area contributed by atoms with Crippen LogP contribution in [0.25, 0.3) is 22.3 Å². The summed E-state index contributed by atoms with van der Waals surface area (Å²) in [4.78, 5) is 9.30. The average Bonchev–Trinajstić information content (AvgIpc) is 2.54. The van der Waals surface area contributed by atoms with Gasteiger partial charge in [0.2, 0.25) is 0 Å². The van der Waals surface area contributed by atoms with Crippen LogP contribution in [0.2, 0.25) is 0 Å². The van der Waals surface area contributed by atoms with Crippen LogP contribution in [0.15, 0.2) is 36.4 Å². The van der Waals surface area contributed by atoms with Gasteiger partial charge in [0.05, 0.1) is 36.6 Å². The fourth-order valence-electron chi connectivity index (χ4n) is 2.42. The number of fused-ring (bicyclic) bond motifs is 1. The topological polar surface area (TPSA) is 70.3 Å². The minimum absolute atomic E-state index is 0.661. The van der Waals surface area contributed by atoms with Crippen LogP contribution in [0.4, 0.5) is 5.69 Å². The number of aromatic nitrogens is 2. The first-order valence-electron chi connectivity index (χ1n) is 6.88. The van der Waals surface area contributed by atoms with Gasteiger partial charge in [0, 0.05) is 11.3 Å². The third-order valence-corrected chi connectivity index (χ3v) is 3.52. The molecule has 0 atom stereocenters. The third kappa shape index (κ3) is 2.41. The lowest BCUT2D eigenvalue weighted by Gasteiger charge is -2.11. The highest BCUT2D eigenvalue weighted by Gasteiger charge is 2.11. The lowest BCUT2D eigenvalue weighted by molar-refractivity contribution is 0.355. The van der Waals surface area contributed by atoms with Gasteiger partial charge in [-0.2, -0.15) is 0 Å². The molecule has 0 spiro atoms. The van der Waals surface area contributed by atoms with E-state index in [1.54, 1.807) is 14.2 Å². The Kier molecular flexibility index (Phi) is 3.55. The Hall–Kier alpha value is -2.82. The lowest BCUT2D eigenvalue weighted by Crippen LogP contribution is -1.97. The van der Waals surface area contributed by atoms with E-state index in [0.717, 1.165) is 28.0 Å². The standard InChI is InChI=1S/C17H17N3O2/c1-10-17(11-4-7-15(21-2)16(8-11)22-3)20-14-9-12(18)5-6-13(14)19-10/h4-9H,18H2,1-3H3. The zero-order chi connectivity index (χ0) is 15.7. The summed E-state index contributed by atoms with van der Waals surface area (Å²) < 4.78 is 10.6. The summed E-state index contributed by atoms with van der Waals surface area (Å²) in [6, 6.07) is 11.2. The Morgan fingerprint density at radius 1 is 0.864 bits per heavy atom. The molecule has 2 N–H and O–H groups in total. The van der Waals surface area contributed by atoms with Crippen molar-refractivity contribution >= 4 is 16.7 Å². The van der Waals surface area contributed by atoms with Crippen LogP contribution < -0.4 is 15.2 Å². The molecular formula is C17H17N3O2. The number of nitrogens with two attached hydrogens (primary N) is 1. The van der Waals surface area contributed by atoms with Crippen molar-refractivity contribution in [3.8, 4) is 22.8 Å². The van der Waals surface area contributed by atoms with Crippen LogP contribution in [0.3, 0.4) is 0 Å². The summed E-state index contributed by atoms with van der Waals surface area (Å²) >= 11 is 0. The van der Waals surface area contributed by atoms with E-state index in [9.17, 15) is 0 Å². The highest BCUT2D eigenvalue weighted by Crippen LogP contribution is 2.33. The summed E-state index contributed by atoms with van der Waals surface area (Å²) in [7, 11) is 3.22. The second-order valence-electron chi connectivity index (χ2n) is 4.98. The van der Waals surface area contributed by atoms with E-state index in [2.05, 4.69) is 4.98 Å². The zero-order valence-electron chi connectivity index (χ0n) is 12.8. The van der Waals surface area contributed by atoms with Crippen molar-refractivity contribution in [3.05, 3.63) is 42.1 Å². The Labute approximate surface area is 128 Å². The number of anilines is 1. The molecule has 5 nitrogen and oxygen atoms in total. The predicted octanol–water partition coefficient (Wildman–Crippen LogP) is 3.20. The molecule has 0 bridgehead atoms. The minimum Gasteiger partial charge on any atom is -0.493 e. The van der Waals surface area contributed by atoms with Crippen molar-refractivity contribution in [1.82, 2.24) is 9.97 Å². The maximum Gasteiger partial charge on any atom is 0.161 e. The molecular weight excluding hydrogens is 278 g/mol. The number of nitrogen functional groups attached to an aromatic ring is 1. The number of nitrogens with zero attached hydrogens (tertiary/aromatic N) is 2. The van der Waals surface area contributed by atoms with Crippen LogP contribution in [0.5, 0.6) is 11.5 Å². The number of methoxy groups -OCH3 is 2. The van der Waals surface area contributed by atoms with Crippen LogP contribution >= 0.6 is 0 Å². The zero-order valence-corrected chi connectivity index (χ0v) is 12.8. The number of ether oxygens (including phenoxy) is 2. The Morgan fingerprint density at radius 2 is 1.64 bits per heavy atom. The normalized spacial score (nSPS) is 10.7. The van der Waals surface area contributed by atoms with Gasteiger partial charge >= 0.3 is 0 Å². The summed E-state index contributed by atoms with van der Waals surface area (Å²) in [6.07, 6.45) is 0. The van der Waals surface area contributed by atoms with Gasteiger partial charge in [-0.1, -0.05) is 0 Å². The quantitative estimate of drug-likeness (QED) is 0.751. The van der Waals surface area contributed by atoms with Gasteiger partial charge in [-0.25, -0.2) is 9.97 Å². The monoisotopic (exact) mass is 295 g/mol. The summed E-state index contributed by atoms with van der Waals surface area (Å²) in [5.74, 6) is 1.34. The first-order chi connectivity index (χ1) is 10.6. The van der Waals surface area contributed by atoms with E-state index in [1.807, 2.05) is 43.3 Å². The van der Waals surface area contributed by atoms with Gasteiger partial charge in [-0.05, 0) is 43.3 Å². The summed E-state index contributed by atoms with van der Waals surface area (Å²) in [5.41, 5.74) is 10.7. The van der Waals surface area contributed by atoms with E-state index < -0.39 is 0 Å². The average molecular weight is 295 g/mol. The van der Waals surface area contributed by atoms with Crippen LogP contribution in [-0.2, 0) is 0 Å². The molecule has 0 radical (unpaired) electrons. The summed E-state index contributed by atoms with van der Waals surface area (Å²) in [5, 5.41) is 0. The molecule has 112 valence electrons. The van der Waals surface area contributed by atoms with E-state index in [0.29, 0.717) is 17.2 Å². The molecule has 3 rings (SSSR count). The smallest absolute Gasteiger partial charge is 0.161 e. The van der Waals surface area contributed by atoms with E-state index in [4.69, 9.17) is 20.2 Å². The summed E-state index contributed by atoms with van der Waals surface area (Å²) in [6.45, 7) is 1.94. The molecule has 1 aromatic heterocycles. The number of hydrogen-bond donors (Lipinski definition) is 1. The van der Waals surface area contributed by atoms with Gasteiger partial charge in [0.25, 0.3) is 0 Å². The molecule has 2 aromatic carbocycles. The molecule has 0 unspecified atom stereocenters. The molecule has 22 heavy (non-hydrogen) atoms. The molecule has 3 aromatic rings. The maximum absolute atomic E-state index is 5.83. The van der Waals surface area contributed by atoms with Crippen molar-refractivity contribution in [2.75, 3.05) is 20.0 Å². The molecule has 1 heterocycles. The first-order valence-corrected chi connectivity index (χ1v) is 6.88. The van der Waals surface area contributed by atoms with Gasteiger partial charge in [-0.3, -0.25) is 0 Å². The maximum atomic E-state index is 5.83. The number of rotatable bonds is 3. The Morgan fingerprint density at radius 3 is 2.36 bits per heavy atom. The largest absolute Gasteiger partial charge is 0.493 e. The SMILES string of the molecule is COc1ccc(-c2nc3cc(N)ccc3nc2C)cc1OC. The fourth-order valence-corrected chi connectivity index (χ4v) is 2.42. The van der Waals surface area contributed by atoms with Crippen molar-refractivity contribution in [2.45, 2.75) is 6.92 Å². The van der Waals surface area contributed by atoms with Gasteiger partial charge < -0.3 is 15.2 Å². The van der Waals surface area contributed by atoms with Gasteiger partial charge in [0.15, 0.2) is 11.5 Å². The molecule has 0 aliphatic rings. The Bertz CT molecular complexity index is 847. The highest BCUT2D eigenvalue weighted by molar-refractivity contribution is 5.81. The van der Waals surface area contributed by atoms with Crippen LogP contribution in [0, 0.1) is 6.92 Å². The Balaban J connectivity index is 2.18. The van der Waals surface area contributed by atoms with Crippen molar-refractivity contribution in [3.63, 3.8) is 0 Å². The number of hydrogen-bond acceptors (Lipinski definition) is 5. The second-order valence-corrected chi connectivity index (χ2v) is 4.98. The second kappa shape index (κ2) is 5.52. The number of benzene rings is 2. The molecule has 0 saturated carbocycles. The molecule has 5 heteroatoms. The lowest BCUT2D eigenvalue weighted by atomic mass is 10.1. The van der Waals surface area contributed by atoms with E-state index in [1.165, 1.54) is 0 Å². The fraction of sp³-hybridized carbons (Fsp3) is 0.176. The third-order valence-electron chi connectivity index (χ3n) is 3.52. The molecule has 0 fully saturated rings. The molecule has 0 aliphatic heterocycles. The first kappa shape index (κ1) is 14.1. The van der Waals surface area contributed by atoms with E-state index >= 15 is 0 Å². The van der Waals surface area contributed by atoms with Crippen LogP contribution in [-0.4, -0.2) is 24.2 Å². The predicted molar refractivity (Wildman–Crippen MR) is 87.2 cm³/mol. The van der Waals surface area contributed by atoms with Crippen LogP contribution in [0.1, 0.15) is 5.69 Å². The van der Waals surface area contributed by atoms with Gasteiger partial charge in [0.1, 0.15) is 0 Å². The minimum atomic E-state index is 0.661. The molecule has 0 amide bonds. The van der Waals surface area contributed by atoms with Crippen molar-refractivity contribution < 1.29 is 9.47 Å². The van der Waals surface area contributed by atoms with E-state index in [-0.39, 0.29) is 0 Å². The number of aryl methyl sites for hydroxylation is 1. The van der Waals surface area contributed by atoms with Crippen molar-refractivity contribution in [1.29, 1.82) is 0 Å². The van der Waals surface area contributed by atoms with Gasteiger partial charge in [-0.15, -0.1) is 0 Å².